The van der Waals surface area contributed by atoms with E-state index in [0.717, 1.165) is 6.20 Å². The van der Waals surface area contributed by atoms with E-state index in [0.29, 0.717) is 5.82 Å². The Morgan fingerprint density at radius 2 is 2.25 bits per heavy atom. The summed E-state index contributed by atoms with van der Waals surface area (Å²) in [6.07, 6.45) is 0.996. The second kappa shape index (κ2) is 5.51. The van der Waals surface area contributed by atoms with Crippen LogP contribution < -0.4 is 16.3 Å². The second-order valence-corrected chi connectivity index (χ2v) is 4.13. The number of H-pyrrole nitrogens is 1. The van der Waals surface area contributed by atoms with Crippen molar-refractivity contribution in [1.29, 1.82) is 0 Å². The maximum atomic E-state index is 12.7. The predicted molar refractivity (Wildman–Crippen MR) is 68.6 cm³/mol. The highest BCUT2D eigenvalue weighted by atomic mass is 19.1. The first-order chi connectivity index (χ1) is 9.47. The zero-order valence-corrected chi connectivity index (χ0v) is 10.8. The molecule has 1 atom stereocenters. The number of rotatable bonds is 3. The van der Waals surface area contributed by atoms with Crippen LogP contribution in [0.25, 0.3) is 0 Å². The van der Waals surface area contributed by atoms with E-state index in [1.807, 2.05) is 0 Å². The van der Waals surface area contributed by atoms with Crippen molar-refractivity contribution in [3.8, 4) is 0 Å². The van der Waals surface area contributed by atoms with Gasteiger partial charge in [0.25, 0.3) is 0 Å². The lowest BCUT2D eigenvalue weighted by molar-refractivity contribution is 0.248. The Hall–Kier alpha value is -2.71. The minimum Gasteiger partial charge on any atom is -0.328 e. The molecule has 0 bridgehead atoms. The molecule has 2 aromatic rings. The molecule has 2 heterocycles. The molecule has 0 saturated carbocycles. The predicted octanol–water partition coefficient (Wildman–Crippen LogP) is 0.525. The van der Waals surface area contributed by atoms with Crippen LogP contribution in [0.4, 0.5) is 15.0 Å². The number of carbonyl (C=O) groups excluding carboxylic acids is 1. The van der Waals surface area contributed by atoms with Crippen molar-refractivity contribution in [3.63, 3.8) is 0 Å². The number of pyridine rings is 1. The molecule has 0 aromatic carbocycles. The summed E-state index contributed by atoms with van der Waals surface area (Å²) >= 11 is 0. The summed E-state index contributed by atoms with van der Waals surface area (Å²) in [4.78, 5) is 26.6. The van der Waals surface area contributed by atoms with Gasteiger partial charge in [0, 0.05) is 7.05 Å². The lowest BCUT2D eigenvalue weighted by Crippen LogP contribution is -2.33. The Labute approximate surface area is 113 Å². The van der Waals surface area contributed by atoms with Gasteiger partial charge in [0.15, 0.2) is 5.82 Å². The fourth-order valence-electron chi connectivity index (χ4n) is 1.61. The molecule has 8 nitrogen and oxygen atoms in total. The first-order valence-electron chi connectivity index (χ1n) is 5.77. The molecule has 0 radical (unpaired) electrons. The monoisotopic (exact) mass is 280 g/mol. The highest BCUT2D eigenvalue weighted by molar-refractivity contribution is 5.88. The average Bonchev–Trinajstić information content (AvgIpc) is 2.73. The van der Waals surface area contributed by atoms with Crippen LogP contribution in [0.3, 0.4) is 0 Å². The van der Waals surface area contributed by atoms with Crippen LogP contribution in [0.5, 0.6) is 0 Å². The first kappa shape index (κ1) is 13.7. The van der Waals surface area contributed by atoms with Crippen LogP contribution in [-0.4, -0.2) is 25.8 Å². The first-order valence-corrected chi connectivity index (χ1v) is 5.77. The third kappa shape index (κ3) is 2.99. The second-order valence-electron chi connectivity index (χ2n) is 4.13. The summed E-state index contributed by atoms with van der Waals surface area (Å²) in [5, 5.41) is 11.1. The van der Waals surface area contributed by atoms with Crippen LogP contribution in [0.2, 0.25) is 0 Å². The van der Waals surface area contributed by atoms with Gasteiger partial charge in [-0.25, -0.2) is 24.1 Å². The molecular formula is C11H13FN6O2. The average molecular weight is 280 g/mol. The fraction of sp³-hybridized carbons (Fsp3) is 0.273. The maximum absolute atomic E-state index is 12.7. The van der Waals surface area contributed by atoms with E-state index in [2.05, 4.69) is 25.8 Å². The van der Waals surface area contributed by atoms with Crippen molar-refractivity contribution in [1.82, 2.24) is 25.1 Å². The summed E-state index contributed by atoms with van der Waals surface area (Å²) in [5.74, 6) is 0.111. The van der Waals surface area contributed by atoms with E-state index in [9.17, 15) is 14.0 Å². The Kier molecular flexibility index (Phi) is 3.78. The fourth-order valence-corrected chi connectivity index (χ4v) is 1.61. The molecule has 0 aliphatic heterocycles. The summed E-state index contributed by atoms with van der Waals surface area (Å²) < 4.78 is 14.0. The third-order valence-electron chi connectivity index (χ3n) is 2.62. The molecular weight excluding hydrogens is 267 g/mol. The van der Waals surface area contributed by atoms with Crippen LogP contribution in [0.1, 0.15) is 18.8 Å². The molecule has 0 aliphatic carbocycles. The Morgan fingerprint density at radius 3 is 2.80 bits per heavy atom. The van der Waals surface area contributed by atoms with E-state index in [1.165, 1.54) is 16.7 Å². The molecule has 20 heavy (non-hydrogen) atoms. The minimum atomic E-state index is -0.535. The topological polar surface area (TPSA) is 105 Å². The zero-order valence-electron chi connectivity index (χ0n) is 10.8. The van der Waals surface area contributed by atoms with Crippen LogP contribution in [-0.2, 0) is 7.05 Å². The number of hydrogen-bond donors (Lipinski definition) is 3. The molecule has 0 spiro atoms. The molecule has 0 saturated heterocycles. The van der Waals surface area contributed by atoms with Gasteiger partial charge >= 0.3 is 11.7 Å². The number of nitrogens with zero attached hydrogens (tertiary/aromatic N) is 3. The normalized spacial score (nSPS) is 11.9. The molecule has 3 N–H and O–H groups in total. The van der Waals surface area contributed by atoms with E-state index in [4.69, 9.17) is 0 Å². The van der Waals surface area contributed by atoms with Gasteiger partial charge in [-0.2, -0.15) is 5.10 Å². The van der Waals surface area contributed by atoms with Crippen molar-refractivity contribution in [2.45, 2.75) is 13.0 Å². The van der Waals surface area contributed by atoms with Crippen molar-refractivity contribution in [2.75, 3.05) is 5.32 Å². The Morgan fingerprint density at radius 1 is 1.50 bits per heavy atom. The summed E-state index contributed by atoms with van der Waals surface area (Å²) in [7, 11) is 1.54. The van der Waals surface area contributed by atoms with Gasteiger partial charge in [-0.3, -0.25) is 9.88 Å². The number of hydrogen-bond acceptors (Lipinski definition) is 4. The van der Waals surface area contributed by atoms with Crippen molar-refractivity contribution in [2.24, 2.45) is 7.05 Å². The number of aromatic nitrogens is 4. The lowest BCUT2D eigenvalue weighted by Gasteiger charge is -2.13. The molecule has 0 unspecified atom stereocenters. The van der Waals surface area contributed by atoms with Crippen LogP contribution in [0.15, 0.2) is 23.1 Å². The largest absolute Gasteiger partial charge is 0.343 e. The van der Waals surface area contributed by atoms with Gasteiger partial charge in [-0.1, -0.05) is 0 Å². The third-order valence-corrected chi connectivity index (χ3v) is 2.62. The van der Waals surface area contributed by atoms with Gasteiger partial charge in [0.1, 0.15) is 11.6 Å². The number of amides is 2. The number of aromatic amines is 1. The van der Waals surface area contributed by atoms with Crippen molar-refractivity contribution >= 4 is 11.8 Å². The summed E-state index contributed by atoms with van der Waals surface area (Å²) in [5.41, 5.74) is -0.366. The van der Waals surface area contributed by atoms with Gasteiger partial charge in [0.05, 0.1) is 12.2 Å². The molecule has 2 aromatic heterocycles. The Bertz CT molecular complexity index is 662. The standard InChI is InChI=1S/C11H13FN6O2/c1-6(9-16-17-11(20)18(9)2)14-10(19)15-8-4-3-7(12)5-13-8/h3-6H,1-2H3,(H,17,20)(H2,13,14,15,19)/t6-/m1/s1. The van der Waals surface area contributed by atoms with Gasteiger partial charge in [-0.15, -0.1) is 0 Å². The molecule has 9 heteroatoms. The highest BCUT2D eigenvalue weighted by Gasteiger charge is 2.15. The molecule has 106 valence electrons. The molecule has 0 fully saturated rings. The van der Waals surface area contributed by atoms with Crippen molar-refractivity contribution in [3.05, 3.63) is 40.5 Å². The summed E-state index contributed by atoms with van der Waals surface area (Å²) in [6, 6.07) is 1.50. The maximum Gasteiger partial charge on any atom is 0.343 e. The van der Waals surface area contributed by atoms with Crippen LogP contribution in [0, 0.1) is 5.82 Å². The number of anilines is 1. The van der Waals surface area contributed by atoms with Gasteiger partial charge in [-0.05, 0) is 19.1 Å². The number of carbonyl (C=O) groups is 1. The smallest absolute Gasteiger partial charge is 0.328 e. The van der Waals surface area contributed by atoms with Gasteiger partial charge in [0.2, 0.25) is 0 Å². The van der Waals surface area contributed by atoms with Crippen LogP contribution >= 0.6 is 0 Å². The molecule has 0 aliphatic rings. The van der Waals surface area contributed by atoms with Crippen molar-refractivity contribution < 1.29 is 9.18 Å². The van der Waals surface area contributed by atoms with Gasteiger partial charge < -0.3 is 5.32 Å². The van der Waals surface area contributed by atoms with E-state index in [1.54, 1.807) is 14.0 Å². The highest BCUT2D eigenvalue weighted by Crippen LogP contribution is 2.07. The number of nitrogens with one attached hydrogen (secondary N) is 3. The molecule has 2 amide bonds. The summed E-state index contributed by atoms with van der Waals surface area (Å²) in [6.45, 7) is 1.67. The number of halogens is 1. The van der Waals surface area contributed by atoms with E-state index < -0.39 is 17.9 Å². The quantitative estimate of drug-likeness (QED) is 0.762. The number of urea groups is 1. The minimum absolute atomic E-state index is 0.215. The lowest BCUT2D eigenvalue weighted by atomic mass is 10.3. The zero-order chi connectivity index (χ0) is 14.7. The Balaban J connectivity index is 1.99. The van der Waals surface area contributed by atoms with E-state index >= 15 is 0 Å². The molecule has 2 rings (SSSR count). The SMILES string of the molecule is C[C@@H](NC(=O)Nc1ccc(F)cn1)c1n[nH]c(=O)n1C. The van der Waals surface area contributed by atoms with E-state index in [-0.39, 0.29) is 11.5 Å².